The zero-order valence-electron chi connectivity index (χ0n) is 18.2. The van der Waals surface area contributed by atoms with Crippen LogP contribution in [0.25, 0.3) is 11.0 Å². The second-order valence-electron chi connectivity index (χ2n) is 8.03. The van der Waals surface area contributed by atoms with Crippen molar-refractivity contribution in [2.45, 2.75) is 12.1 Å². The molecule has 0 unspecified atom stereocenters. The van der Waals surface area contributed by atoms with Gasteiger partial charge in [0.1, 0.15) is 23.8 Å². The van der Waals surface area contributed by atoms with Crippen molar-refractivity contribution in [1.82, 2.24) is 20.1 Å². The number of hydrogen-bond donors (Lipinski definition) is 3. The molecule has 14 heteroatoms. The summed E-state index contributed by atoms with van der Waals surface area (Å²) in [5.41, 5.74) is -0.386. The molecule has 3 aromatic rings. The number of rotatable bonds is 7. The van der Waals surface area contributed by atoms with Gasteiger partial charge in [0.2, 0.25) is 0 Å². The van der Waals surface area contributed by atoms with Gasteiger partial charge in [0, 0.05) is 29.9 Å². The Morgan fingerprint density at radius 1 is 1.23 bits per heavy atom. The number of carbonyl (C=O) groups is 3. The van der Waals surface area contributed by atoms with Gasteiger partial charge in [-0.2, -0.15) is 0 Å². The fraction of sp³-hybridized carbons (Fsp3) is 0.238. The maximum atomic E-state index is 13.6. The summed E-state index contributed by atoms with van der Waals surface area (Å²) in [7, 11) is -3.50. The Bertz CT molecular complexity index is 1380. The summed E-state index contributed by atoms with van der Waals surface area (Å²) in [4.78, 5) is 63.5. The van der Waals surface area contributed by atoms with Crippen LogP contribution in [0, 0.1) is 0 Å². The Morgan fingerprint density at radius 3 is 2.74 bits per heavy atom. The second-order valence-corrected chi connectivity index (χ2v) is 9.27. The number of fused-ring (bicyclic) bond motifs is 2. The van der Waals surface area contributed by atoms with Gasteiger partial charge in [-0.15, -0.1) is 0 Å². The number of methoxy groups -OCH3 is 1. The molecule has 0 saturated carbocycles. The fourth-order valence-electron chi connectivity index (χ4n) is 4.20. The third-order valence-electron chi connectivity index (χ3n) is 5.89. The molecular formula is C21H19N4O9P. The zero-order chi connectivity index (χ0) is 25.0. The van der Waals surface area contributed by atoms with Gasteiger partial charge in [-0.05, 0) is 29.8 Å². The van der Waals surface area contributed by atoms with E-state index >= 15 is 0 Å². The molecule has 13 nitrogen and oxygen atoms in total. The lowest BCUT2D eigenvalue weighted by Gasteiger charge is -2.29. The molecule has 0 bridgehead atoms. The van der Waals surface area contributed by atoms with Gasteiger partial charge < -0.3 is 29.2 Å². The van der Waals surface area contributed by atoms with Crippen molar-refractivity contribution in [3.05, 3.63) is 59.6 Å². The van der Waals surface area contributed by atoms with Crippen molar-refractivity contribution in [2.75, 3.05) is 20.4 Å². The Balaban J connectivity index is 1.54. The Morgan fingerprint density at radius 2 is 2.03 bits per heavy atom. The van der Waals surface area contributed by atoms with Crippen LogP contribution in [0.5, 0.6) is 5.75 Å². The highest BCUT2D eigenvalue weighted by Gasteiger charge is 2.57. The number of carbonyl (C=O) groups excluding carboxylic acids is 3. The predicted octanol–water partition coefficient (Wildman–Crippen LogP) is 1.31. The number of amides is 4. The minimum absolute atomic E-state index is 0.0267. The van der Waals surface area contributed by atoms with E-state index in [1.165, 1.54) is 30.5 Å². The molecule has 0 spiro atoms. The first kappa shape index (κ1) is 23.0. The first-order chi connectivity index (χ1) is 16.6. The van der Waals surface area contributed by atoms with Crippen LogP contribution in [0.2, 0.25) is 0 Å². The molecule has 35 heavy (non-hydrogen) atoms. The van der Waals surface area contributed by atoms with E-state index in [1.807, 2.05) is 0 Å². The largest absolute Gasteiger partial charge is 0.497 e. The molecule has 1 aromatic carbocycles. The molecule has 1 saturated heterocycles. The highest BCUT2D eigenvalue weighted by molar-refractivity contribution is 7.46. The number of nitrogens with one attached hydrogen (secondary N) is 1. The molecule has 2 aliphatic heterocycles. The van der Waals surface area contributed by atoms with Gasteiger partial charge in [-0.1, -0.05) is 6.07 Å². The summed E-state index contributed by atoms with van der Waals surface area (Å²) >= 11 is 0. The number of benzene rings is 1. The SMILES string of the molecule is COc1ccc2c(c1)C(=O)N(C[C@@]1(c3cc4cnccc4o3)NC(=O)N(COP(=O)(O)O)C1=O)C2. The highest BCUT2D eigenvalue weighted by atomic mass is 31.2. The van der Waals surface area contributed by atoms with Crippen LogP contribution in [0.3, 0.4) is 0 Å². The molecular weight excluding hydrogens is 483 g/mol. The van der Waals surface area contributed by atoms with Crippen molar-refractivity contribution in [2.24, 2.45) is 0 Å². The minimum atomic E-state index is -4.98. The number of pyridine rings is 1. The molecule has 0 aliphatic carbocycles. The zero-order valence-corrected chi connectivity index (χ0v) is 19.1. The number of aromatic nitrogens is 1. The number of urea groups is 1. The number of ether oxygens (including phenoxy) is 1. The van der Waals surface area contributed by atoms with E-state index in [-0.39, 0.29) is 24.8 Å². The predicted molar refractivity (Wildman–Crippen MR) is 117 cm³/mol. The first-order valence-electron chi connectivity index (χ1n) is 10.3. The second kappa shape index (κ2) is 8.17. The van der Waals surface area contributed by atoms with Crippen LogP contribution in [0.15, 0.2) is 47.1 Å². The molecule has 2 aliphatic rings. The summed E-state index contributed by atoms with van der Waals surface area (Å²) in [6.45, 7) is -1.15. The Kier molecular flexibility index (Phi) is 5.37. The van der Waals surface area contributed by atoms with Crippen LogP contribution in [-0.4, -0.2) is 62.8 Å². The van der Waals surface area contributed by atoms with Crippen LogP contribution >= 0.6 is 7.82 Å². The molecule has 5 rings (SSSR count). The quantitative estimate of drug-likeness (QED) is 0.316. The average molecular weight is 502 g/mol. The van der Waals surface area contributed by atoms with E-state index in [2.05, 4.69) is 14.8 Å². The van der Waals surface area contributed by atoms with Crippen molar-refractivity contribution in [1.29, 1.82) is 0 Å². The monoisotopic (exact) mass is 502 g/mol. The number of nitrogens with zero attached hydrogens (tertiary/aromatic N) is 3. The topological polar surface area (TPSA) is 172 Å². The van der Waals surface area contributed by atoms with Crippen molar-refractivity contribution in [3.63, 3.8) is 0 Å². The normalized spacial score (nSPS) is 20.0. The van der Waals surface area contributed by atoms with Crippen LogP contribution in [-0.2, 0) is 26.0 Å². The minimum Gasteiger partial charge on any atom is -0.497 e. The summed E-state index contributed by atoms with van der Waals surface area (Å²) in [6, 6.07) is 7.16. The van der Waals surface area contributed by atoms with Crippen LogP contribution in [0.4, 0.5) is 4.79 Å². The summed E-state index contributed by atoms with van der Waals surface area (Å²) in [5.74, 6) is -0.768. The third-order valence-corrected chi connectivity index (χ3v) is 6.34. The molecule has 182 valence electrons. The van der Waals surface area contributed by atoms with E-state index in [4.69, 9.17) is 18.9 Å². The molecule has 2 aromatic heterocycles. The molecule has 1 atom stereocenters. The average Bonchev–Trinajstić information content (AvgIpc) is 3.45. The van der Waals surface area contributed by atoms with E-state index in [9.17, 15) is 18.9 Å². The van der Waals surface area contributed by atoms with Gasteiger partial charge in [-0.3, -0.25) is 19.1 Å². The van der Waals surface area contributed by atoms with E-state index in [0.717, 1.165) is 0 Å². The number of phosphoric ester groups is 1. The van der Waals surface area contributed by atoms with E-state index in [0.29, 0.717) is 32.7 Å². The molecule has 0 radical (unpaired) electrons. The molecule has 1 fully saturated rings. The van der Waals surface area contributed by atoms with Gasteiger partial charge in [0.15, 0.2) is 5.54 Å². The van der Waals surface area contributed by atoms with Crippen molar-refractivity contribution >= 4 is 36.6 Å². The van der Waals surface area contributed by atoms with Gasteiger partial charge in [-0.25, -0.2) is 14.3 Å². The summed E-state index contributed by atoms with van der Waals surface area (Å²) in [5, 5.41) is 3.10. The van der Waals surface area contributed by atoms with E-state index < -0.39 is 32.0 Å². The number of imide groups is 1. The molecule has 3 N–H and O–H groups in total. The van der Waals surface area contributed by atoms with Crippen molar-refractivity contribution < 1.29 is 42.4 Å². The fourth-order valence-corrected chi connectivity index (χ4v) is 4.47. The highest BCUT2D eigenvalue weighted by Crippen LogP contribution is 2.39. The number of hydrogen-bond acceptors (Lipinski definition) is 8. The van der Waals surface area contributed by atoms with Gasteiger partial charge in [0.25, 0.3) is 11.8 Å². The lowest BCUT2D eigenvalue weighted by molar-refractivity contribution is -0.134. The third kappa shape index (κ3) is 3.94. The Hall–Kier alpha value is -3.77. The van der Waals surface area contributed by atoms with Gasteiger partial charge >= 0.3 is 13.9 Å². The first-order valence-corrected chi connectivity index (χ1v) is 11.8. The van der Waals surface area contributed by atoms with Crippen LogP contribution < -0.4 is 10.1 Å². The number of phosphoric acid groups is 1. The lowest BCUT2D eigenvalue weighted by atomic mass is 9.95. The maximum absolute atomic E-state index is 13.6. The molecule has 4 amide bonds. The van der Waals surface area contributed by atoms with Crippen LogP contribution in [0.1, 0.15) is 21.7 Å². The summed E-state index contributed by atoms with van der Waals surface area (Å²) < 4.78 is 26.6. The molecule has 4 heterocycles. The standard InChI is InChI=1S/C21H19N4O9P/c1-32-14-3-2-12-9-24(18(26)15(12)7-14)10-21(17-6-13-8-22-5-4-16(13)34-17)19(27)25(20(28)23-21)11-33-35(29,30)31/h2-8H,9-11H2,1H3,(H,23,28)(H2,29,30,31)/t21-/m0/s1. The Labute approximate surface area is 197 Å². The number of furan rings is 1. The lowest BCUT2D eigenvalue weighted by Crippen LogP contribution is -2.52. The smallest absolute Gasteiger partial charge is 0.471 e. The van der Waals surface area contributed by atoms with Gasteiger partial charge in [0.05, 0.1) is 13.7 Å². The van der Waals surface area contributed by atoms with E-state index in [1.54, 1.807) is 24.3 Å². The summed E-state index contributed by atoms with van der Waals surface area (Å²) in [6.07, 6.45) is 3.00. The van der Waals surface area contributed by atoms with Crippen molar-refractivity contribution in [3.8, 4) is 5.75 Å². The maximum Gasteiger partial charge on any atom is 0.471 e.